The third kappa shape index (κ3) is 6.71. The number of benzene rings is 2. The van der Waals surface area contributed by atoms with Gasteiger partial charge in [0, 0.05) is 6.54 Å². The van der Waals surface area contributed by atoms with E-state index in [0.717, 1.165) is 5.56 Å². The maximum absolute atomic E-state index is 11.9. The summed E-state index contributed by atoms with van der Waals surface area (Å²) in [7, 11) is 0. The van der Waals surface area contributed by atoms with Crippen molar-refractivity contribution in [3.8, 4) is 5.75 Å². The molecule has 0 aromatic heterocycles. The zero-order valence-corrected chi connectivity index (χ0v) is 19.3. The van der Waals surface area contributed by atoms with Crippen molar-refractivity contribution in [1.29, 1.82) is 0 Å². The molecule has 0 aliphatic rings. The molecule has 0 aliphatic heterocycles. The van der Waals surface area contributed by atoms with E-state index in [1.807, 2.05) is 71.9 Å². The fourth-order valence-electron chi connectivity index (χ4n) is 3.27. The number of rotatable bonds is 6. The first-order chi connectivity index (χ1) is 14.3. The van der Waals surface area contributed by atoms with Gasteiger partial charge in [-0.25, -0.2) is 4.79 Å². The number of aliphatic hydroxyl groups excluding tert-OH is 2. The minimum atomic E-state index is -1.24. The van der Waals surface area contributed by atoms with Gasteiger partial charge in [-0.3, -0.25) is 0 Å². The van der Waals surface area contributed by atoms with E-state index in [1.165, 1.54) is 0 Å². The second-order valence-electron chi connectivity index (χ2n) is 9.92. The number of carbonyl (C=O) groups excluding carboxylic acids is 1. The zero-order chi connectivity index (χ0) is 23.4. The van der Waals surface area contributed by atoms with Crippen molar-refractivity contribution in [3.63, 3.8) is 0 Å². The summed E-state index contributed by atoms with van der Waals surface area (Å²) in [6, 6.07) is 12.7. The van der Waals surface area contributed by atoms with Crippen LogP contribution < -0.4 is 5.32 Å². The number of aromatic hydroxyl groups is 1. The predicted octanol–water partition coefficient (Wildman–Crippen LogP) is 4.31. The Morgan fingerprint density at radius 2 is 1.48 bits per heavy atom. The van der Waals surface area contributed by atoms with Crippen molar-refractivity contribution in [2.45, 2.75) is 71.2 Å². The van der Waals surface area contributed by atoms with Gasteiger partial charge < -0.3 is 25.4 Å². The number of ether oxygens (including phenoxy) is 1. The first kappa shape index (κ1) is 24.7. The van der Waals surface area contributed by atoms with E-state index in [9.17, 15) is 20.1 Å². The fraction of sp³-hybridized carbons (Fsp3) is 0.480. The monoisotopic (exact) mass is 429 g/mol. The van der Waals surface area contributed by atoms with Gasteiger partial charge in [-0.05, 0) is 45.2 Å². The van der Waals surface area contributed by atoms with E-state index < -0.39 is 18.3 Å². The van der Waals surface area contributed by atoms with Crippen LogP contribution in [0.1, 0.15) is 69.9 Å². The topological polar surface area (TPSA) is 99.0 Å². The maximum Gasteiger partial charge on any atom is 0.407 e. The molecule has 0 heterocycles. The number of phenolic OH excluding ortho intramolecular Hbond substituents is 1. The number of carbonyl (C=O) groups is 1. The summed E-state index contributed by atoms with van der Waals surface area (Å²) in [6.07, 6.45) is -3.15. The SMILES string of the molecule is CC(C)(C)c1cc(C(O)C(O)CNC(=O)OCc2ccccc2)cc(C(C)(C)C)c1O. The minimum Gasteiger partial charge on any atom is -0.507 e. The largest absolute Gasteiger partial charge is 0.507 e. The van der Waals surface area contributed by atoms with Crippen molar-refractivity contribution in [3.05, 3.63) is 64.7 Å². The van der Waals surface area contributed by atoms with Gasteiger partial charge in [-0.15, -0.1) is 0 Å². The molecule has 4 N–H and O–H groups in total. The van der Waals surface area contributed by atoms with E-state index in [2.05, 4.69) is 5.32 Å². The lowest BCUT2D eigenvalue weighted by molar-refractivity contribution is 0.0182. The molecule has 2 unspecified atom stereocenters. The van der Waals surface area contributed by atoms with Gasteiger partial charge in [0.15, 0.2) is 0 Å². The average molecular weight is 430 g/mol. The molecule has 6 nitrogen and oxygen atoms in total. The quantitative estimate of drug-likeness (QED) is 0.548. The maximum atomic E-state index is 11.9. The highest BCUT2D eigenvalue weighted by atomic mass is 16.5. The number of alkyl carbamates (subject to hydrolysis) is 1. The van der Waals surface area contributed by atoms with Crippen LogP contribution in [0.15, 0.2) is 42.5 Å². The number of hydrogen-bond donors (Lipinski definition) is 4. The molecule has 0 fully saturated rings. The normalized spacial score (nSPS) is 14.1. The zero-order valence-electron chi connectivity index (χ0n) is 19.3. The summed E-state index contributed by atoms with van der Waals surface area (Å²) in [6.45, 7) is 11.8. The van der Waals surface area contributed by atoms with Crippen LogP contribution in [0.3, 0.4) is 0 Å². The standard InChI is InChI=1S/C25H35NO5/c1-24(2,3)18-12-17(13-19(22(18)29)25(4,5)6)21(28)20(27)14-26-23(30)31-15-16-10-8-7-9-11-16/h7-13,20-21,27-29H,14-15H2,1-6H3,(H,26,30). The Morgan fingerprint density at radius 1 is 0.968 bits per heavy atom. The van der Waals surface area contributed by atoms with Gasteiger partial charge in [-0.2, -0.15) is 0 Å². The second kappa shape index (κ2) is 9.71. The van der Waals surface area contributed by atoms with Gasteiger partial charge in [0.05, 0.1) is 0 Å². The molecule has 2 aromatic rings. The summed E-state index contributed by atoms with van der Waals surface area (Å²) in [5.74, 6) is 0.202. The fourth-order valence-corrected chi connectivity index (χ4v) is 3.27. The summed E-state index contributed by atoms with van der Waals surface area (Å²) >= 11 is 0. The van der Waals surface area contributed by atoms with E-state index in [1.54, 1.807) is 12.1 Å². The molecule has 2 atom stereocenters. The summed E-state index contributed by atoms with van der Waals surface area (Å²) in [5.41, 5.74) is 2.01. The third-order valence-corrected chi connectivity index (χ3v) is 5.12. The van der Waals surface area contributed by atoms with E-state index in [-0.39, 0.29) is 29.7 Å². The van der Waals surface area contributed by atoms with Gasteiger partial charge in [0.1, 0.15) is 24.6 Å². The highest BCUT2D eigenvalue weighted by molar-refractivity contribution is 5.67. The molecule has 1 amide bonds. The molecule has 0 aliphatic carbocycles. The highest BCUT2D eigenvalue weighted by Gasteiger charge is 2.29. The first-order valence-electron chi connectivity index (χ1n) is 10.5. The van der Waals surface area contributed by atoms with Gasteiger partial charge >= 0.3 is 6.09 Å². The van der Waals surface area contributed by atoms with Crippen LogP contribution in [0, 0.1) is 0 Å². The van der Waals surface area contributed by atoms with E-state index >= 15 is 0 Å². The molecular weight excluding hydrogens is 394 g/mol. The molecule has 0 radical (unpaired) electrons. The Balaban J connectivity index is 2.10. The minimum absolute atomic E-state index is 0.118. The van der Waals surface area contributed by atoms with E-state index in [4.69, 9.17) is 4.74 Å². The number of amides is 1. The molecule has 6 heteroatoms. The lowest BCUT2D eigenvalue weighted by atomic mass is 9.77. The Labute approximate surface area is 184 Å². The van der Waals surface area contributed by atoms with Gasteiger partial charge in [-0.1, -0.05) is 71.9 Å². The second-order valence-corrected chi connectivity index (χ2v) is 9.92. The first-order valence-corrected chi connectivity index (χ1v) is 10.5. The van der Waals surface area contributed by atoms with Crippen LogP contribution in [0.25, 0.3) is 0 Å². The molecule has 170 valence electrons. The van der Waals surface area contributed by atoms with Crippen LogP contribution in [0.4, 0.5) is 4.79 Å². The van der Waals surface area contributed by atoms with Crippen molar-refractivity contribution in [2.24, 2.45) is 0 Å². The molecule has 0 saturated carbocycles. The van der Waals surface area contributed by atoms with Crippen molar-refractivity contribution < 1.29 is 24.9 Å². The van der Waals surface area contributed by atoms with Gasteiger partial charge in [0.25, 0.3) is 0 Å². The van der Waals surface area contributed by atoms with Crippen LogP contribution >= 0.6 is 0 Å². The van der Waals surface area contributed by atoms with Crippen LogP contribution in [0.2, 0.25) is 0 Å². The average Bonchev–Trinajstić information content (AvgIpc) is 2.69. The van der Waals surface area contributed by atoms with Crippen molar-refractivity contribution >= 4 is 6.09 Å². The summed E-state index contributed by atoms with van der Waals surface area (Å²) in [4.78, 5) is 11.9. The van der Waals surface area contributed by atoms with Gasteiger partial charge in [0.2, 0.25) is 0 Å². The Hall–Kier alpha value is -2.57. The number of aliphatic hydroxyl groups is 2. The lowest BCUT2D eigenvalue weighted by Crippen LogP contribution is -2.36. The Morgan fingerprint density at radius 3 is 1.97 bits per heavy atom. The smallest absolute Gasteiger partial charge is 0.407 e. The number of nitrogens with one attached hydrogen (secondary N) is 1. The summed E-state index contributed by atoms with van der Waals surface area (Å²) < 4.78 is 5.13. The number of phenols is 1. The molecule has 2 rings (SSSR count). The van der Waals surface area contributed by atoms with Crippen LogP contribution in [-0.2, 0) is 22.2 Å². The molecule has 0 bridgehead atoms. The molecule has 2 aromatic carbocycles. The van der Waals surface area contributed by atoms with E-state index in [0.29, 0.717) is 16.7 Å². The third-order valence-electron chi connectivity index (χ3n) is 5.12. The Bertz CT molecular complexity index is 846. The van der Waals surface area contributed by atoms with Crippen molar-refractivity contribution in [1.82, 2.24) is 5.32 Å². The molecule has 0 spiro atoms. The van der Waals surface area contributed by atoms with Crippen molar-refractivity contribution in [2.75, 3.05) is 6.54 Å². The predicted molar refractivity (Wildman–Crippen MR) is 121 cm³/mol. The Kier molecular flexibility index (Phi) is 7.73. The highest BCUT2D eigenvalue weighted by Crippen LogP contribution is 2.41. The number of hydrogen-bond acceptors (Lipinski definition) is 5. The molecular formula is C25H35NO5. The summed E-state index contributed by atoms with van der Waals surface area (Å²) in [5, 5.41) is 34.5. The lowest BCUT2D eigenvalue weighted by Gasteiger charge is -2.30. The molecule has 0 saturated heterocycles. The molecule has 31 heavy (non-hydrogen) atoms. The van der Waals surface area contributed by atoms with Crippen LogP contribution in [0.5, 0.6) is 5.75 Å². The van der Waals surface area contributed by atoms with Crippen LogP contribution in [-0.4, -0.2) is 34.1 Å².